The predicted molar refractivity (Wildman–Crippen MR) is 105 cm³/mol. The summed E-state index contributed by atoms with van der Waals surface area (Å²) in [6.07, 6.45) is 1.12. The van der Waals surface area contributed by atoms with Gasteiger partial charge in [-0.25, -0.2) is 9.59 Å². The zero-order chi connectivity index (χ0) is 22.2. The van der Waals surface area contributed by atoms with E-state index in [1.165, 1.54) is 12.1 Å². The molecule has 0 aliphatic heterocycles. The second-order valence-electron chi connectivity index (χ2n) is 6.26. The lowest BCUT2D eigenvalue weighted by atomic mass is 9.98. The van der Waals surface area contributed by atoms with Crippen LogP contribution in [-0.2, 0) is 32.2 Å². The summed E-state index contributed by atoms with van der Waals surface area (Å²) in [4.78, 5) is 23.3. The van der Waals surface area contributed by atoms with E-state index in [-0.39, 0.29) is 62.9 Å². The third kappa shape index (κ3) is 10.1. The molecule has 10 heteroatoms. The number of carbonyl (C=O) groups is 2. The largest absolute Gasteiger partial charge is 0.478 e. The molecular weight excluding hydrogens is 400 g/mol. The molecule has 1 rings (SSSR count). The van der Waals surface area contributed by atoms with Crippen molar-refractivity contribution in [2.75, 3.05) is 52.9 Å². The van der Waals surface area contributed by atoms with Crippen molar-refractivity contribution in [3.05, 3.63) is 34.4 Å². The molecule has 0 aromatic heterocycles. The summed E-state index contributed by atoms with van der Waals surface area (Å²) >= 11 is 0. The minimum Gasteiger partial charge on any atom is -0.478 e. The van der Waals surface area contributed by atoms with Gasteiger partial charge in [-0.2, -0.15) is 0 Å². The van der Waals surface area contributed by atoms with Gasteiger partial charge in [0.05, 0.1) is 50.8 Å². The molecule has 0 unspecified atom stereocenters. The minimum atomic E-state index is -1.25. The van der Waals surface area contributed by atoms with Crippen LogP contribution in [0.5, 0.6) is 0 Å². The number of aliphatic hydroxyl groups excluding tert-OH is 2. The third-order valence-corrected chi connectivity index (χ3v) is 3.91. The Labute approximate surface area is 174 Å². The zero-order valence-electron chi connectivity index (χ0n) is 16.9. The van der Waals surface area contributed by atoms with Crippen molar-refractivity contribution < 1.29 is 49.0 Å². The van der Waals surface area contributed by atoms with E-state index in [0.717, 1.165) is 0 Å². The maximum absolute atomic E-state index is 11.7. The van der Waals surface area contributed by atoms with Crippen molar-refractivity contribution in [1.82, 2.24) is 0 Å². The molecule has 30 heavy (non-hydrogen) atoms. The number of aliphatic hydroxyl groups is 2. The van der Waals surface area contributed by atoms with Crippen LogP contribution in [0.15, 0.2) is 12.1 Å². The first-order valence-corrected chi connectivity index (χ1v) is 9.66. The Bertz CT molecular complexity index is 611. The lowest BCUT2D eigenvalue weighted by molar-refractivity contribution is 0.0564. The lowest BCUT2D eigenvalue weighted by Gasteiger charge is -2.14. The van der Waals surface area contributed by atoms with E-state index in [4.69, 9.17) is 29.2 Å². The summed E-state index contributed by atoms with van der Waals surface area (Å²) in [5, 5.41) is 36.3. The van der Waals surface area contributed by atoms with Crippen LogP contribution in [0.1, 0.15) is 44.7 Å². The van der Waals surface area contributed by atoms with E-state index in [1.807, 2.05) is 0 Å². The van der Waals surface area contributed by atoms with Gasteiger partial charge in [0.1, 0.15) is 0 Å². The van der Waals surface area contributed by atoms with Crippen molar-refractivity contribution in [2.45, 2.75) is 26.1 Å². The maximum atomic E-state index is 11.7. The first-order chi connectivity index (χ1) is 14.5. The van der Waals surface area contributed by atoms with Crippen LogP contribution in [-0.4, -0.2) is 85.2 Å². The second kappa shape index (κ2) is 15.7. The van der Waals surface area contributed by atoms with Crippen molar-refractivity contribution in [3.8, 4) is 0 Å². The number of benzene rings is 1. The highest BCUT2D eigenvalue weighted by Gasteiger charge is 2.20. The van der Waals surface area contributed by atoms with Gasteiger partial charge in [-0.15, -0.1) is 0 Å². The van der Waals surface area contributed by atoms with Crippen LogP contribution < -0.4 is 0 Å². The minimum absolute atomic E-state index is 0.0512. The molecule has 0 fully saturated rings. The smallest absolute Gasteiger partial charge is 0.336 e. The summed E-state index contributed by atoms with van der Waals surface area (Å²) in [6.45, 7) is 1.65. The van der Waals surface area contributed by atoms with Gasteiger partial charge < -0.3 is 39.4 Å². The Kier molecular flexibility index (Phi) is 13.6. The Balaban J connectivity index is 2.69. The molecule has 0 spiro atoms. The fourth-order valence-electron chi connectivity index (χ4n) is 2.58. The first kappa shape index (κ1) is 26.0. The standard InChI is InChI=1S/C20H30O10/c21-3-9-27-5-1-7-29-13-15-11-16(19(23)24)18(17(12-15)20(25)26)14-30-8-2-6-28-10-4-22/h11-12,21-22H,1-10,13-14H2,(H,23,24)(H,25,26). The molecule has 0 radical (unpaired) electrons. The van der Waals surface area contributed by atoms with Crippen molar-refractivity contribution in [3.63, 3.8) is 0 Å². The molecule has 0 aliphatic rings. The molecular formula is C20H30O10. The zero-order valence-corrected chi connectivity index (χ0v) is 16.9. The van der Waals surface area contributed by atoms with E-state index >= 15 is 0 Å². The average molecular weight is 430 g/mol. The highest BCUT2D eigenvalue weighted by Crippen LogP contribution is 2.21. The van der Waals surface area contributed by atoms with Crippen molar-refractivity contribution in [2.24, 2.45) is 0 Å². The van der Waals surface area contributed by atoms with Gasteiger partial charge in [0, 0.05) is 32.0 Å². The number of aromatic carboxylic acids is 2. The van der Waals surface area contributed by atoms with Gasteiger partial charge in [-0.1, -0.05) is 0 Å². The molecule has 1 aromatic carbocycles. The Morgan fingerprint density at radius 3 is 1.53 bits per heavy atom. The third-order valence-electron chi connectivity index (χ3n) is 3.91. The first-order valence-electron chi connectivity index (χ1n) is 9.66. The summed E-state index contributed by atoms with van der Waals surface area (Å²) in [5.41, 5.74) is 0.238. The van der Waals surface area contributed by atoms with Crippen LogP contribution in [0.4, 0.5) is 0 Å². The molecule has 170 valence electrons. The van der Waals surface area contributed by atoms with E-state index in [0.29, 0.717) is 38.2 Å². The monoisotopic (exact) mass is 430 g/mol. The fourth-order valence-corrected chi connectivity index (χ4v) is 2.58. The Morgan fingerprint density at radius 2 is 1.10 bits per heavy atom. The van der Waals surface area contributed by atoms with Gasteiger partial charge in [0.25, 0.3) is 0 Å². The number of carboxylic acid groups (broad SMARTS) is 2. The van der Waals surface area contributed by atoms with E-state index in [9.17, 15) is 19.8 Å². The number of carboxylic acids is 2. The molecule has 0 heterocycles. The molecule has 0 bridgehead atoms. The van der Waals surface area contributed by atoms with E-state index in [1.54, 1.807) is 0 Å². The Morgan fingerprint density at radius 1 is 0.667 bits per heavy atom. The molecule has 1 aromatic rings. The van der Waals surface area contributed by atoms with E-state index in [2.05, 4.69) is 0 Å². The van der Waals surface area contributed by atoms with Crippen LogP contribution >= 0.6 is 0 Å². The molecule has 0 aliphatic carbocycles. The van der Waals surface area contributed by atoms with Crippen LogP contribution in [0.2, 0.25) is 0 Å². The number of rotatable bonds is 18. The maximum Gasteiger partial charge on any atom is 0.336 e. The lowest BCUT2D eigenvalue weighted by Crippen LogP contribution is -2.14. The van der Waals surface area contributed by atoms with Gasteiger partial charge in [-0.3, -0.25) is 0 Å². The quantitative estimate of drug-likeness (QED) is 0.247. The van der Waals surface area contributed by atoms with Crippen LogP contribution in [0.3, 0.4) is 0 Å². The molecule has 0 atom stereocenters. The number of hydrogen-bond acceptors (Lipinski definition) is 8. The number of ether oxygens (including phenoxy) is 4. The summed E-state index contributed by atoms with van der Waals surface area (Å²) in [7, 11) is 0. The number of hydrogen-bond donors (Lipinski definition) is 4. The van der Waals surface area contributed by atoms with Gasteiger partial charge in [0.2, 0.25) is 0 Å². The van der Waals surface area contributed by atoms with Crippen molar-refractivity contribution in [1.29, 1.82) is 0 Å². The Hall–Kier alpha value is -2.08. The topological polar surface area (TPSA) is 152 Å². The fraction of sp³-hybridized carbons (Fsp3) is 0.600. The van der Waals surface area contributed by atoms with Crippen LogP contribution in [0.25, 0.3) is 0 Å². The normalized spacial score (nSPS) is 11.0. The van der Waals surface area contributed by atoms with Gasteiger partial charge >= 0.3 is 11.9 Å². The van der Waals surface area contributed by atoms with Gasteiger partial charge in [0.15, 0.2) is 0 Å². The average Bonchev–Trinajstić information content (AvgIpc) is 2.72. The second-order valence-corrected chi connectivity index (χ2v) is 6.26. The van der Waals surface area contributed by atoms with Crippen molar-refractivity contribution >= 4 is 11.9 Å². The molecule has 10 nitrogen and oxygen atoms in total. The molecule has 0 amide bonds. The summed E-state index contributed by atoms with van der Waals surface area (Å²) in [5.74, 6) is -2.50. The molecule has 0 saturated carbocycles. The van der Waals surface area contributed by atoms with E-state index < -0.39 is 11.9 Å². The highest BCUT2D eigenvalue weighted by molar-refractivity contribution is 5.97. The highest BCUT2D eigenvalue weighted by atomic mass is 16.5. The molecule has 4 N–H and O–H groups in total. The summed E-state index contributed by atoms with van der Waals surface area (Å²) < 4.78 is 21.1. The summed E-state index contributed by atoms with van der Waals surface area (Å²) in [6, 6.07) is 2.78. The molecule has 0 saturated heterocycles. The van der Waals surface area contributed by atoms with Gasteiger partial charge in [-0.05, 0) is 30.5 Å². The predicted octanol–water partition coefficient (Wildman–Crippen LogP) is 0.914. The SMILES string of the molecule is O=C(O)c1cc(COCCCOCCO)cc(C(=O)O)c1COCCCOCCO. The van der Waals surface area contributed by atoms with Crippen LogP contribution in [0, 0.1) is 0 Å².